The molecule has 2 N–H and O–H groups in total. The number of rotatable bonds is 5. The Morgan fingerprint density at radius 2 is 1.36 bits per heavy atom. The van der Waals surface area contributed by atoms with Crippen LogP contribution in [-0.4, -0.2) is 25.2 Å². The molecule has 0 aromatic heterocycles. The molecular formula is C23H20N2O3. The quantitative estimate of drug-likeness (QED) is 0.707. The maximum Gasteiger partial charge on any atom is 0.407 e. The molecule has 0 bridgehead atoms. The first-order chi connectivity index (χ1) is 13.7. The zero-order chi connectivity index (χ0) is 19.3. The maximum atomic E-state index is 12.1. The van der Waals surface area contributed by atoms with Gasteiger partial charge in [0.2, 0.25) is 5.91 Å². The minimum atomic E-state index is -0.606. The molecule has 0 heterocycles. The Balaban J connectivity index is 1.33. The molecule has 0 fully saturated rings. The zero-order valence-electron chi connectivity index (χ0n) is 15.2. The van der Waals surface area contributed by atoms with Crippen molar-refractivity contribution >= 4 is 17.7 Å². The van der Waals surface area contributed by atoms with Gasteiger partial charge in [-0.15, -0.1) is 0 Å². The topological polar surface area (TPSA) is 67.4 Å². The van der Waals surface area contributed by atoms with E-state index in [4.69, 9.17) is 4.74 Å². The van der Waals surface area contributed by atoms with E-state index in [1.165, 1.54) is 11.1 Å². The van der Waals surface area contributed by atoms with Crippen molar-refractivity contribution < 1.29 is 14.3 Å². The van der Waals surface area contributed by atoms with E-state index >= 15 is 0 Å². The van der Waals surface area contributed by atoms with Crippen LogP contribution in [0.3, 0.4) is 0 Å². The second kappa shape index (κ2) is 7.96. The van der Waals surface area contributed by atoms with Crippen LogP contribution in [0.25, 0.3) is 11.1 Å². The highest BCUT2D eigenvalue weighted by atomic mass is 16.5. The van der Waals surface area contributed by atoms with Gasteiger partial charge in [0, 0.05) is 11.6 Å². The van der Waals surface area contributed by atoms with Crippen molar-refractivity contribution in [2.75, 3.05) is 18.5 Å². The van der Waals surface area contributed by atoms with Gasteiger partial charge in [0.05, 0.1) is 0 Å². The number of nitrogens with one attached hydrogen (secondary N) is 2. The molecule has 0 radical (unpaired) electrons. The highest BCUT2D eigenvalue weighted by Crippen LogP contribution is 2.44. The molecule has 4 rings (SSSR count). The maximum absolute atomic E-state index is 12.1. The molecule has 5 nitrogen and oxygen atoms in total. The van der Waals surface area contributed by atoms with Gasteiger partial charge in [-0.3, -0.25) is 4.79 Å². The molecule has 0 spiro atoms. The molecule has 28 heavy (non-hydrogen) atoms. The monoisotopic (exact) mass is 372 g/mol. The summed E-state index contributed by atoms with van der Waals surface area (Å²) in [6, 6.07) is 25.4. The number of fused-ring (bicyclic) bond motifs is 3. The van der Waals surface area contributed by atoms with E-state index in [9.17, 15) is 9.59 Å². The van der Waals surface area contributed by atoms with Gasteiger partial charge < -0.3 is 15.4 Å². The second-order valence-corrected chi connectivity index (χ2v) is 6.59. The summed E-state index contributed by atoms with van der Waals surface area (Å²) in [6.07, 6.45) is -0.606. The van der Waals surface area contributed by atoms with Crippen molar-refractivity contribution in [3.63, 3.8) is 0 Å². The van der Waals surface area contributed by atoms with Crippen molar-refractivity contribution in [1.82, 2.24) is 5.32 Å². The number of ether oxygens (including phenoxy) is 1. The lowest BCUT2D eigenvalue weighted by Crippen LogP contribution is -2.33. The van der Waals surface area contributed by atoms with Crippen LogP contribution in [-0.2, 0) is 9.53 Å². The van der Waals surface area contributed by atoms with Gasteiger partial charge in [-0.25, -0.2) is 4.79 Å². The third-order valence-corrected chi connectivity index (χ3v) is 4.79. The smallest absolute Gasteiger partial charge is 0.407 e. The van der Waals surface area contributed by atoms with Crippen molar-refractivity contribution in [3.8, 4) is 11.1 Å². The van der Waals surface area contributed by atoms with Crippen molar-refractivity contribution in [1.29, 1.82) is 0 Å². The minimum absolute atomic E-state index is 0.00343. The van der Waals surface area contributed by atoms with Crippen LogP contribution in [0.4, 0.5) is 10.5 Å². The van der Waals surface area contributed by atoms with E-state index in [-0.39, 0.29) is 25.0 Å². The van der Waals surface area contributed by atoms with Gasteiger partial charge in [0.15, 0.2) is 0 Å². The SMILES string of the molecule is O=C(CNC(=O)OCC1c2ccccc2-c2ccccc21)Nc1ccccc1. The molecule has 0 saturated heterocycles. The Bertz CT molecular complexity index is 956. The third kappa shape index (κ3) is 3.74. The second-order valence-electron chi connectivity index (χ2n) is 6.59. The lowest BCUT2D eigenvalue weighted by atomic mass is 9.98. The van der Waals surface area contributed by atoms with Crippen molar-refractivity contribution in [3.05, 3.63) is 90.0 Å². The van der Waals surface area contributed by atoms with E-state index in [1.54, 1.807) is 12.1 Å². The number of alkyl carbamates (subject to hydrolysis) is 1. The molecule has 2 amide bonds. The van der Waals surface area contributed by atoms with Gasteiger partial charge in [0.25, 0.3) is 0 Å². The minimum Gasteiger partial charge on any atom is -0.449 e. The summed E-state index contributed by atoms with van der Waals surface area (Å²) in [5, 5.41) is 5.21. The van der Waals surface area contributed by atoms with Crippen LogP contribution in [0.1, 0.15) is 17.0 Å². The molecular weight excluding hydrogens is 352 g/mol. The van der Waals surface area contributed by atoms with Crippen LogP contribution in [0.15, 0.2) is 78.9 Å². The fourth-order valence-corrected chi connectivity index (χ4v) is 3.53. The number of carbonyl (C=O) groups excluding carboxylic acids is 2. The van der Waals surface area contributed by atoms with Gasteiger partial charge >= 0.3 is 6.09 Å². The predicted octanol–water partition coefficient (Wildman–Crippen LogP) is 4.16. The summed E-state index contributed by atoms with van der Waals surface area (Å²) in [5.74, 6) is -0.309. The molecule has 0 saturated carbocycles. The van der Waals surface area contributed by atoms with Crippen LogP contribution in [0.2, 0.25) is 0 Å². The first-order valence-electron chi connectivity index (χ1n) is 9.16. The Morgan fingerprint density at radius 1 is 0.786 bits per heavy atom. The molecule has 0 aliphatic heterocycles. The first kappa shape index (κ1) is 17.8. The standard InChI is InChI=1S/C23H20N2O3/c26-22(25-16-8-2-1-3-9-16)14-24-23(27)28-15-21-19-12-6-4-10-17(19)18-11-5-7-13-20(18)21/h1-13,21H,14-15H2,(H,24,27)(H,25,26). The van der Waals surface area contributed by atoms with Gasteiger partial charge in [-0.1, -0.05) is 66.7 Å². The number of anilines is 1. The lowest BCUT2D eigenvalue weighted by Gasteiger charge is -2.14. The normalized spacial score (nSPS) is 12.0. The molecule has 0 unspecified atom stereocenters. The average Bonchev–Trinajstić information content (AvgIpc) is 3.05. The van der Waals surface area contributed by atoms with Gasteiger partial charge in [-0.2, -0.15) is 0 Å². The van der Waals surface area contributed by atoms with Crippen molar-refractivity contribution in [2.45, 2.75) is 5.92 Å². The van der Waals surface area contributed by atoms with Crippen LogP contribution in [0, 0.1) is 0 Å². The van der Waals surface area contributed by atoms with Crippen LogP contribution < -0.4 is 10.6 Å². The summed E-state index contributed by atoms with van der Waals surface area (Å²) in [4.78, 5) is 24.0. The number of benzene rings is 3. The Kier molecular flexibility index (Phi) is 5.06. The number of para-hydroxylation sites is 1. The highest BCUT2D eigenvalue weighted by molar-refractivity contribution is 5.93. The van der Waals surface area contributed by atoms with Gasteiger partial charge in [-0.05, 0) is 34.4 Å². The number of hydrogen-bond donors (Lipinski definition) is 2. The molecule has 3 aromatic rings. The van der Waals surface area contributed by atoms with E-state index < -0.39 is 6.09 Å². The predicted molar refractivity (Wildman–Crippen MR) is 108 cm³/mol. The highest BCUT2D eigenvalue weighted by Gasteiger charge is 2.28. The van der Waals surface area contributed by atoms with E-state index in [0.29, 0.717) is 5.69 Å². The lowest BCUT2D eigenvalue weighted by molar-refractivity contribution is -0.115. The largest absolute Gasteiger partial charge is 0.449 e. The molecule has 0 atom stereocenters. The zero-order valence-corrected chi connectivity index (χ0v) is 15.2. The average molecular weight is 372 g/mol. The Morgan fingerprint density at radius 3 is 2.00 bits per heavy atom. The summed E-state index contributed by atoms with van der Waals surface area (Å²) in [5.41, 5.74) is 5.34. The third-order valence-electron chi connectivity index (χ3n) is 4.79. The van der Waals surface area contributed by atoms with Crippen molar-refractivity contribution in [2.24, 2.45) is 0 Å². The van der Waals surface area contributed by atoms with Gasteiger partial charge in [0.1, 0.15) is 13.2 Å². The van der Waals surface area contributed by atoms with E-state index in [1.807, 2.05) is 42.5 Å². The fourth-order valence-electron chi connectivity index (χ4n) is 3.53. The molecule has 140 valence electrons. The van der Waals surface area contributed by atoms with Crippen LogP contribution in [0.5, 0.6) is 0 Å². The van der Waals surface area contributed by atoms with E-state index in [2.05, 4.69) is 34.9 Å². The Labute approximate surface area is 163 Å². The molecule has 5 heteroatoms. The summed E-state index contributed by atoms with van der Waals surface area (Å²) in [7, 11) is 0. The molecule has 3 aromatic carbocycles. The van der Waals surface area contributed by atoms with E-state index in [0.717, 1.165) is 11.1 Å². The number of hydrogen-bond acceptors (Lipinski definition) is 3. The number of amides is 2. The summed E-state index contributed by atoms with van der Waals surface area (Å²) >= 11 is 0. The molecule has 1 aliphatic rings. The van der Waals surface area contributed by atoms with Crippen LogP contribution >= 0.6 is 0 Å². The Hall–Kier alpha value is -3.60. The molecule has 1 aliphatic carbocycles. The number of carbonyl (C=O) groups is 2. The summed E-state index contributed by atoms with van der Waals surface area (Å²) in [6.45, 7) is 0.0751. The summed E-state index contributed by atoms with van der Waals surface area (Å²) < 4.78 is 5.41. The first-order valence-corrected chi connectivity index (χ1v) is 9.16. The fraction of sp³-hybridized carbons (Fsp3) is 0.130.